The number of nitrogens with zero attached hydrogens (tertiary/aromatic N) is 2. The minimum atomic E-state index is -3.75. The first kappa shape index (κ1) is 24.2. The van der Waals surface area contributed by atoms with E-state index in [0.717, 1.165) is 47.7 Å². The van der Waals surface area contributed by atoms with Gasteiger partial charge in [0.25, 0.3) is 0 Å². The van der Waals surface area contributed by atoms with Crippen LogP contribution < -0.4 is 9.60 Å². The van der Waals surface area contributed by atoms with Crippen LogP contribution in [-0.2, 0) is 29.7 Å². The zero-order valence-electron chi connectivity index (χ0n) is 19.1. The Balaban J connectivity index is 1.36. The molecule has 1 aromatic heterocycles. The molecule has 6 nitrogen and oxygen atoms in total. The summed E-state index contributed by atoms with van der Waals surface area (Å²) in [5.74, 6) is 0. The van der Waals surface area contributed by atoms with E-state index in [-0.39, 0.29) is 16.3 Å². The molecule has 0 saturated carbocycles. The second-order valence-corrected chi connectivity index (χ2v) is 11.9. The van der Waals surface area contributed by atoms with Gasteiger partial charge in [0.2, 0.25) is 10.0 Å². The number of halogens is 1. The van der Waals surface area contributed by atoms with Gasteiger partial charge < -0.3 is 0 Å². The molecule has 1 saturated heterocycles. The van der Waals surface area contributed by atoms with E-state index in [4.69, 9.17) is 11.6 Å². The predicted molar refractivity (Wildman–Crippen MR) is 142 cm³/mol. The molecule has 0 radical (unpaired) electrons. The molecule has 1 N–H and O–H groups in total. The quantitative estimate of drug-likeness (QED) is 0.356. The number of benzene rings is 3. The largest absolute Gasteiger partial charge is 0.308 e. The highest BCUT2D eigenvalue weighted by Gasteiger charge is 2.19. The molecule has 182 valence electrons. The first-order valence-corrected chi connectivity index (χ1v) is 14.2. The van der Waals surface area contributed by atoms with Gasteiger partial charge in [-0.05, 0) is 66.9 Å². The smallest absolute Gasteiger partial charge is 0.299 e. The van der Waals surface area contributed by atoms with Crippen LogP contribution in [0.5, 0.6) is 0 Å². The van der Waals surface area contributed by atoms with Crippen LogP contribution in [0.2, 0.25) is 5.02 Å². The zero-order chi connectivity index (χ0) is 24.4. The summed E-state index contributed by atoms with van der Waals surface area (Å²) < 4.78 is 31.2. The van der Waals surface area contributed by atoms with Gasteiger partial charge >= 0.3 is 4.87 Å². The lowest BCUT2D eigenvalue weighted by molar-refractivity contribution is 0.330. The van der Waals surface area contributed by atoms with Gasteiger partial charge in [-0.1, -0.05) is 65.4 Å². The lowest BCUT2D eigenvalue weighted by Gasteiger charge is -2.17. The molecule has 1 aliphatic rings. The Bertz CT molecular complexity index is 1520. The van der Waals surface area contributed by atoms with Crippen molar-refractivity contribution in [3.63, 3.8) is 0 Å². The highest BCUT2D eigenvalue weighted by Crippen LogP contribution is 2.24. The molecule has 0 aliphatic carbocycles. The average Bonchev–Trinajstić information content (AvgIpc) is 3.47. The molecule has 5 rings (SSSR count). The zero-order valence-corrected chi connectivity index (χ0v) is 21.5. The summed E-state index contributed by atoms with van der Waals surface area (Å²) in [5, 5.41) is 0.590. The summed E-state index contributed by atoms with van der Waals surface area (Å²) in [6.45, 7) is 3.54. The second kappa shape index (κ2) is 10.2. The van der Waals surface area contributed by atoms with Gasteiger partial charge in [0.15, 0.2) is 0 Å². The highest BCUT2D eigenvalue weighted by molar-refractivity contribution is 7.89. The van der Waals surface area contributed by atoms with E-state index in [0.29, 0.717) is 21.8 Å². The summed E-state index contributed by atoms with van der Waals surface area (Å²) in [6.07, 6.45) is 2.42. The van der Waals surface area contributed by atoms with Crippen LogP contribution in [-0.4, -0.2) is 31.0 Å². The van der Waals surface area contributed by atoms with Crippen molar-refractivity contribution in [3.05, 3.63) is 98.1 Å². The third-order valence-corrected chi connectivity index (χ3v) is 9.11. The Morgan fingerprint density at radius 2 is 1.57 bits per heavy atom. The van der Waals surface area contributed by atoms with Crippen molar-refractivity contribution >= 4 is 43.2 Å². The van der Waals surface area contributed by atoms with E-state index in [9.17, 15) is 13.2 Å². The fourth-order valence-corrected chi connectivity index (χ4v) is 6.71. The summed E-state index contributed by atoms with van der Waals surface area (Å²) in [4.78, 5) is 15.1. The number of rotatable bonds is 8. The lowest BCUT2D eigenvalue weighted by Crippen LogP contribution is -2.25. The van der Waals surface area contributed by atoms with Gasteiger partial charge in [-0.15, -0.1) is 0 Å². The standard InChI is InChI=1S/C26H26ClN3O3S2/c27-23-10-4-3-9-21(23)18-30-24-12-11-22(15-25(24)34-26(30)31)35(32,33)28-16-19-7-1-2-8-20(19)17-29-13-5-6-14-29/h1-4,7-12,15,28H,5-6,13-14,16-18H2. The van der Waals surface area contributed by atoms with Crippen molar-refractivity contribution in [2.45, 2.75) is 37.4 Å². The molecule has 0 amide bonds. The summed E-state index contributed by atoms with van der Waals surface area (Å²) >= 11 is 7.31. The SMILES string of the molecule is O=c1sc2cc(S(=O)(=O)NCc3ccccc3CN3CCCC3)ccc2n1Cc1ccccc1Cl. The third kappa shape index (κ3) is 5.37. The monoisotopic (exact) mass is 527 g/mol. The molecule has 1 fully saturated rings. The van der Waals surface area contributed by atoms with E-state index >= 15 is 0 Å². The van der Waals surface area contributed by atoms with E-state index in [1.54, 1.807) is 28.8 Å². The minimum Gasteiger partial charge on any atom is -0.299 e. The van der Waals surface area contributed by atoms with E-state index < -0.39 is 10.0 Å². The summed E-state index contributed by atoms with van der Waals surface area (Å²) in [5.41, 5.74) is 3.64. The number of aromatic nitrogens is 1. The van der Waals surface area contributed by atoms with Crippen LogP contribution >= 0.6 is 22.9 Å². The van der Waals surface area contributed by atoms with Crippen LogP contribution in [0, 0.1) is 0 Å². The minimum absolute atomic E-state index is 0.146. The first-order valence-electron chi connectivity index (χ1n) is 11.6. The maximum absolute atomic E-state index is 13.1. The van der Waals surface area contributed by atoms with E-state index in [2.05, 4.69) is 15.7 Å². The van der Waals surface area contributed by atoms with Crippen molar-refractivity contribution in [3.8, 4) is 0 Å². The molecule has 9 heteroatoms. The number of hydrogen-bond acceptors (Lipinski definition) is 5. The maximum atomic E-state index is 13.1. The van der Waals surface area contributed by atoms with Crippen LogP contribution in [0.25, 0.3) is 10.2 Å². The normalized spacial score (nSPS) is 14.7. The number of thiazole rings is 1. The molecule has 4 aromatic rings. The molecule has 0 unspecified atom stereocenters. The Hall–Kier alpha value is -2.49. The van der Waals surface area contributed by atoms with Gasteiger partial charge in [0.1, 0.15) is 0 Å². The second-order valence-electron chi connectivity index (χ2n) is 8.75. The average molecular weight is 528 g/mol. The number of fused-ring (bicyclic) bond motifs is 1. The number of nitrogens with one attached hydrogen (secondary N) is 1. The van der Waals surface area contributed by atoms with Crippen molar-refractivity contribution in [1.82, 2.24) is 14.2 Å². The summed E-state index contributed by atoms with van der Waals surface area (Å²) in [7, 11) is -3.75. The Morgan fingerprint density at radius 3 is 2.31 bits per heavy atom. The third-order valence-electron chi connectivity index (χ3n) is 6.40. The maximum Gasteiger partial charge on any atom is 0.308 e. The van der Waals surface area contributed by atoms with Gasteiger partial charge in [-0.2, -0.15) is 0 Å². The van der Waals surface area contributed by atoms with Gasteiger partial charge in [0, 0.05) is 18.1 Å². The van der Waals surface area contributed by atoms with Crippen LogP contribution in [0.15, 0.2) is 76.4 Å². The van der Waals surface area contributed by atoms with E-state index in [1.165, 1.54) is 12.8 Å². The molecule has 2 heterocycles. The molecule has 0 bridgehead atoms. The molecule has 1 aliphatic heterocycles. The highest BCUT2D eigenvalue weighted by atomic mass is 35.5. The molecule has 0 spiro atoms. The van der Waals surface area contributed by atoms with Gasteiger partial charge in [0.05, 0.1) is 21.7 Å². The molecular formula is C26H26ClN3O3S2. The first-order chi connectivity index (χ1) is 16.9. The van der Waals surface area contributed by atoms with Gasteiger partial charge in [-0.25, -0.2) is 13.1 Å². The van der Waals surface area contributed by atoms with Crippen LogP contribution in [0.3, 0.4) is 0 Å². The fraction of sp³-hybridized carbons (Fsp3) is 0.269. The summed E-state index contributed by atoms with van der Waals surface area (Å²) in [6, 6.07) is 20.2. The van der Waals surface area contributed by atoms with Gasteiger partial charge in [-0.3, -0.25) is 14.3 Å². The van der Waals surface area contributed by atoms with Crippen LogP contribution in [0.1, 0.15) is 29.5 Å². The Kier molecular flexibility index (Phi) is 7.09. The number of sulfonamides is 1. The number of hydrogen-bond donors (Lipinski definition) is 1. The van der Waals surface area contributed by atoms with E-state index in [1.807, 2.05) is 36.4 Å². The fourth-order valence-electron chi connectivity index (χ4n) is 4.48. The van der Waals surface area contributed by atoms with Crippen molar-refractivity contribution < 1.29 is 8.42 Å². The molecule has 0 atom stereocenters. The van der Waals surface area contributed by atoms with Crippen LogP contribution in [0.4, 0.5) is 0 Å². The van der Waals surface area contributed by atoms with Crippen molar-refractivity contribution in [2.24, 2.45) is 0 Å². The number of likely N-dealkylation sites (tertiary alicyclic amines) is 1. The Labute approximate surface area is 213 Å². The van der Waals surface area contributed by atoms with Crippen molar-refractivity contribution in [1.29, 1.82) is 0 Å². The predicted octanol–water partition coefficient (Wildman–Crippen LogP) is 4.84. The molecule has 3 aromatic carbocycles. The van der Waals surface area contributed by atoms with Crippen molar-refractivity contribution in [2.75, 3.05) is 13.1 Å². The Morgan fingerprint density at radius 1 is 0.886 bits per heavy atom. The molecule has 35 heavy (non-hydrogen) atoms. The lowest BCUT2D eigenvalue weighted by atomic mass is 10.1. The topological polar surface area (TPSA) is 71.4 Å². The molecular weight excluding hydrogens is 502 g/mol.